The van der Waals surface area contributed by atoms with E-state index in [1.165, 1.54) is 24.1 Å². The van der Waals surface area contributed by atoms with Crippen molar-refractivity contribution in [3.63, 3.8) is 0 Å². The van der Waals surface area contributed by atoms with E-state index in [9.17, 15) is 0 Å². The maximum atomic E-state index is 5.18. The molecule has 126 valence electrons. The number of nitrogens with zero attached hydrogens (tertiary/aromatic N) is 4. The molecule has 1 aliphatic rings. The molecule has 25 heavy (non-hydrogen) atoms. The third-order valence-corrected chi connectivity index (χ3v) is 4.60. The monoisotopic (exact) mass is 332 g/mol. The largest absolute Gasteiger partial charge is 0.495 e. The molecule has 0 atom stereocenters. The number of hydrogen-bond acceptors (Lipinski definition) is 5. The van der Waals surface area contributed by atoms with E-state index in [-0.39, 0.29) is 0 Å². The molecule has 0 bridgehead atoms. The summed E-state index contributed by atoms with van der Waals surface area (Å²) in [6.07, 6.45) is 8.21. The highest BCUT2D eigenvalue weighted by Crippen LogP contribution is 2.26. The number of hydrogen-bond donors (Lipinski definition) is 0. The smallest absolute Gasteiger partial charge is 0.178 e. The van der Waals surface area contributed by atoms with Gasteiger partial charge in [0.15, 0.2) is 5.82 Å². The van der Waals surface area contributed by atoms with Crippen molar-refractivity contribution in [2.45, 2.75) is 32.6 Å². The molecular weight excluding hydrogens is 312 g/mol. The van der Waals surface area contributed by atoms with Crippen molar-refractivity contribution in [1.29, 1.82) is 0 Å². The lowest BCUT2D eigenvalue weighted by Gasteiger charge is -2.15. The molecule has 1 aliphatic carbocycles. The molecule has 0 radical (unpaired) electrons. The Kier molecular flexibility index (Phi) is 4.14. The van der Waals surface area contributed by atoms with Crippen LogP contribution in [0.15, 0.2) is 36.7 Å². The Morgan fingerprint density at radius 1 is 0.880 bits per heavy atom. The van der Waals surface area contributed by atoms with Gasteiger partial charge >= 0.3 is 0 Å². The summed E-state index contributed by atoms with van der Waals surface area (Å²) in [5.74, 6) is 1.42. The number of aryl methyl sites for hydroxylation is 3. The van der Waals surface area contributed by atoms with Gasteiger partial charge in [0.05, 0.1) is 24.7 Å². The SMILES string of the molecule is COc1ccc(-c2nc(-c3ncc4c(n3)CCCC4)ccc2C)nc1. The van der Waals surface area contributed by atoms with E-state index in [2.05, 4.69) is 9.97 Å². The minimum atomic E-state index is 0.690. The average Bonchev–Trinajstić information content (AvgIpc) is 2.68. The Labute approximate surface area is 147 Å². The second kappa shape index (κ2) is 6.59. The van der Waals surface area contributed by atoms with E-state index in [1.54, 1.807) is 13.3 Å². The molecular formula is C20H20N4O. The van der Waals surface area contributed by atoms with Crippen LogP contribution < -0.4 is 4.74 Å². The van der Waals surface area contributed by atoms with E-state index in [1.807, 2.05) is 37.4 Å². The second-order valence-electron chi connectivity index (χ2n) is 6.32. The van der Waals surface area contributed by atoms with Crippen molar-refractivity contribution in [2.75, 3.05) is 7.11 Å². The Bertz CT molecular complexity index is 906. The quantitative estimate of drug-likeness (QED) is 0.730. The first-order valence-corrected chi connectivity index (χ1v) is 8.58. The first-order valence-electron chi connectivity index (χ1n) is 8.58. The Balaban J connectivity index is 1.74. The molecule has 0 spiro atoms. The summed E-state index contributed by atoms with van der Waals surface area (Å²) >= 11 is 0. The molecule has 0 saturated carbocycles. The molecule has 0 amide bonds. The summed E-state index contributed by atoms with van der Waals surface area (Å²) in [7, 11) is 1.63. The van der Waals surface area contributed by atoms with Crippen molar-refractivity contribution in [3.8, 4) is 28.7 Å². The lowest BCUT2D eigenvalue weighted by molar-refractivity contribution is 0.413. The lowest BCUT2D eigenvalue weighted by Crippen LogP contribution is -2.08. The molecule has 5 nitrogen and oxygen atoms in total. The predicted molar refractivity (Wildman–Crippen MR) is 96.4 cm³/mol. The summed E-state index contributed by atoms with van der Waals surface area (Å²) in [6, 6.07) is 7.84. The topological polar surface area (TPSA) is 60.8 Å². The van der Waals surface area contributed by atoms with Crippen LogP contribution in [0.4, 0.5) is 0 Å². The van der Waals surface area contributed by atoms with Gasteiger partial charge in [-0.2, -0.15) is 0 Å². The minimum Gasteiger partial charge on any atom is -0.495 e. The average molecular weight is 332 g/mol. The van der Waals surface area contributed by atoms with Crippen molar-refractivity contribution < 1.29 is 4.74 Å². The molecule has 0 aromatic carbocycles. The lowest BCUT2D eigenvalue weighted by atomic mass is 9.97. The molecule has 5 heteroatoms. The van der Waals surface area contributed by atoms with Crippen LogP contribution >= 0.6 is 0 Å². The van der Waals surface area contributed by atoms with E-state index in [0.29, 0.717) is 5.82 Å². The van der Waals surface area contributed by atoms with Crippen LogP contribution in [0.25, 0.3) is 22.9 Å². The van der Waals surface area contributed by atoms with Gasteiger partial charge in [-0.25, -0.2) is 15.0 Å². The van der Waals surface area contributed by atoms with Gasteiger partial charge in [0.25, 0.3) is 0 Å². The molecule has 3 aromatic rings. The fourth-order valence-corrected chi connectivity index (χ4v) is 3.15. The van der Waals surface area contributed by atoms with E-state index >= 15 is 0 Å². The zero-order valence-corrected chi connectivity index (χ0v) is 14.5. The van der Waals surface area contributed by atoms with Crippen molar-refractivity contribution in [2.24, 2.45) is 0 Å². The van der Waals surface area contributed by atoms with E-state index in [4.69, 9.17) is 14.7 Å². The predicted octanol–water partition coefficient (Wildman–Crippen LogP) is 3.80. The van der Waals surface area contributed by atoms with Gasteiger partial charge in [-0.05, 0) is 61.9 Å². The highest BCUT2D eigenvalue weighted by molar-refractivity contribution is 5.63. The number of aromatic nitrogens is 4. The van der Waals surface area contributed by atoms with Gasteiger partial charge in [-0.15, -0.1) is 0 Å². The minimum absolute atomic E-state index is 0.690. The number of rotatable bonds is 3. The number of pyridine rings is 2. The van der Waals surface area contributed by atoms with Gasteiger partial charge in [-0.3, -0.25) is 4.98 Å². The third kappa shape index (κ3) is 3.09. The molecule has 0 aliphatic heterocycles. The van der Waals surface area contributed by atoms with Crippen LogP contribution in [0, 0.1) is 6.92 Å². The number of fused-ring (bicyclic) bond motifs is 1. The normalized spacial score (nSPS) is 13.4. The van der Waals surface area contributed by atoms with Crippen molar-refractivity contribution in [1.82, 2.24) is 19.9 Å². The number of ether oxygens (including phenoxy) is 1. The highest BCUT2D eigenvalue weighted by atomic mass is 16.5. The zero-order valence-electron chi connectivity index (χ0n) is 14.5. The van der Waals surface area contributed by atoms with Crippen molar-refractivity contribution in [3.05, 3.63) is 53.5 Å². The van der Waals surface area contributed by atoms with Crippen LogP contribution in [0.2, 0.25) is 0 Å². The standard InChI is InChI=1S/C20H20N4O/c1-13-7-9-18(20-22-11-14-5-3-4-6-16(14)24-20)23-19(13)17-10-8-15(25-2)12-21-17/h7-12H,3-6H2,1-2H3. The second-order valence-corrected chi connectivity index (χ2v) is 6.32. The van der Waals surface area contributed by atoms with Crippen LogP contribution in [0.1, 0.15) is 29.7 Å². The van der Waals surface area contributed by atoms with Gasteiger partial charge in [0.2, 0.25) is 0 Å². The molecule has 0 saturated heterocycles. The molecule has 0 N–H and O–H groups in total. The fourth-order valence-electron chi connectivity index (χ4n) is 3.15. The Morgan fingerprint density at radius 2 is 1.72 bits per heavy atom. The molecule has 0 fully saturated rings. The summed E-state index contributed by atoms with van der Waals surface area (Å²) in [5, 5.41) is 0. The van der Waals surface area contributed by atoms with Crippen LogP contribution in [0.5, 0.6) is 5.75 Å². The van der Waals surface area contributed by atoms with Gasteiger partial charge in [0, 0.05) is 11.9 Å². The van der Waals surface area contributed by atoms with E-state index in [0.717, 1.165) is 41.2 Å². The number of methoxy groups -OCH3 is 1. The first kappa shape index (κ1) is 15.7. The summed E-state index contributed by atoms with van der Waals surface area (Å²) in [4.78, 5) is 18.5. The molecule has 3 aromatic heterocycles. The van der Waals surface area contributed by atoms with Gasteiger partial charge < -0.3 is 4.74 Å². The first-order chi connectivity index (χ1) is 12.2. The maximum Gasteiger partial charge on any atom is 0.178 e. The maximum absolute atomic E-state index is 5.18. The summed E-state index contributed by atoms with van der Waals surface area (Å²) < 4.78 is 5.18. The fraction of sp³-hybridized carbons (Fsp3) is 0.300. The highest BCUT2D eigenvalue weighted by Gasteiger charge is 2.15. The summed E-state index contributed by atoms with van der Waals surface area (Å²) in [6.45, 7) is 2.03. The molecule has 3 heterocycles. The molecule has 0 unspecified atom stereocenters. The van der Waals surface area contributed by atoms with E-state index < -0.39 is 0 Å². The Morgan fingerprint density at radius 3 is 2.52 bits per heavy atom. The van der Waals surface area contributed by atoms with Crippen LogP contribution in [-0.4, -0.2) is 27.0 Å². The summed E-state index contributed by atoms with van der Waals surface area (Å²) in [5.41, 5.74) is 5.97. The third-order valence-electron chi connectivity index (χ3n) is 4.60. The van der Waals surface area contributed by atoms with Crippen LogP contribution in [0.3, 0.4) is 0 Å². The molecule has 4 rings (SSSR count). The van der Waals surface area contributed by atoms with Crippen LogP contribution in [-0.2, 0) is 12.8 Å². The van der Waals surface area contributed by atoms with Gasteiger partial charge in [0.1, 0.15) is 11.4 Å². The van der Waals surface area contributed by atoms with Crippen molar-refractivity contribution >= 4 is 0 Å². The zero-order chi connectivity index (χ0) is 17.2. The Hall–Kier alpha value is -2.82. The van der Waals surface area contributed by atoms with Gasteiger partial charge in [-0.1, -0.05) is 6.07 Å².